The van der Waals surface area contributed by atoms with Gasteiger partial charge in [-0.2, -0.15) is 11.8 Å². The number of nitrogens with two attached hydrogens (primary N) is 1. The molecule has 11 nitrogen and oxygen atoms in total. The number of rotatable bonds is 7. The molecule has 0 saturated carbocycles. The van der Waals surface area contributed by atoms with E-state index in [1.165, 1.54) is 22.5 Å². The number of nitrogens with zero attached hydrogens (tertiary/aromatic N) is 3. The third kappa shape index (κ3) is 13.2. The first kappa shape index (κ1) is 31.1. The average Bonchev–Trinajstić information content (AvgIpc) is 2.98. The van der Waals surface area contributed by atoms with E-state index in [4.69, 9.17) is 19.7 Å². The minimum absolute atomic E-state index is 0. The van der Waals surface area contributed by atoms with Gasteiger partial charge in [0.1, 0.15) is 12.7 Å². The Bertz CT molecular complexity index is 559. The zero-order valence-corrected chi connectivity index (χ0v) is 15.5. The normalized spacial score (nSPS) is 9.12. The molecule has 0 aromatic carbocycles. The van der Waals surface area contributed by atoms with E-state index in [0.29, 0.717) is 18.1 Å². The number of aromatic nitrogens is 2. The zero-order chi connectivity index (χ0) is 19.7. The van der Waals surface area contributed by atoms with Gasteiger partial charge in [-0.1, -0.05) is 0 Å². The van der Waals surface area contributed by atoms with Crippen LogP contribution in [0.4, 0.5) is 5.82 Å². The number of hydrogen-bond donors (Lipinski definition) is 1. The van der Waals surface area contributed by atoms with Crippen LogP contribution in [0.25, 0.3) is 0 Å². The molecule has 1 aromatic rings. The minimum atomic E-state index is -1.30. The topological polar surface area (TPSA) is 187 Å². The SMILES string of the molecule is Cc1ncc([N+](=O)[O-])n1CCSCC(N)C(=O)[O-].[99Tc].[C-]#[O+].[C-]#[O+].[C-]#[O+]. The molecular formula is C12H13N4O7STc-. The van der Waals surface area contributed by atoms with Crippen molar-refractivity contribution >= 4 is 23.5 Å². The van der Waals surface area contributed by atoms with Crippen LogP contribution >= 0.6 is 11.8 Å². The van der Waals surface area contributed by atoms with Gasteiger partial charge in [0.05, 0.1) is 12.0 Å². The summed E-state index contributed by atoms with van der Waals surface area (Å²) in [6.07, 6.45) is 1.20. The van der Waals surface area contributed by atoms with Crippen molar-refractivity contribution in [1.82, 2.24) is 9.55 Å². The standard InChI is InChI=1S/C9H14N4O4S.3CO.Tc/c1-6-11-4-8(13(16)17)12(6)2-3-18-5-7(10)9(14)15;3*1-2;/h4,7H,2-3,5,10H2,1H3,(H,14,15);;;;/p-1/i;;;;1+1. The van der Waals surface area contributed by atoms with Crippen LogP contribution in [0.1, 0.15) is 5.82 Å². The second-order valence-electron chi connectivity index (χ2n) is 3.57. The van der Waals surface area contributed by atoms with E-state index in [1.807, 2.05) is 0 Å². The van der Waals surface area contributed by atoms with Gasteiger partial charge in [0.25, 0.3) is 0 Å². The summed E-state index contributed by atoms with van der Waals surface area (Å²) in [6.45, 7) is 15.6. The molecule has 0 amide bonds. The molecule has 1 radical (unpaired) electrons. The third-order valence-electron chi connectivity index (χ3n) is 2.28. The number of thioether (sulfide) groups is 1. The molecule has 0 bridgehead atoms. The molecule has 0 aliphatic rings. The number of aliphatic carboxylic acids is 1. The van der Waals surface area contributed by atoms with Gasteiger partial charge in [0, 0.05) is 38.5 Å². The van der Waals surface area contributed by atoms with Crippen molar-refractivity contribution in [3.63, 3.8) is 0 Å². The van der Waals surface area contributed by atoms with E-state index in [2.05, 4.69) is 24.9 Å². The fourth-order valence-corrected chi connectivity index (χ4v) is 2.18. The van der Waals surface area contributed by atoms with Crippen molar-refractivity contribution < 1.29 is 48.9 Å². The Morgan fingerprint density at radius 1 is 1.40 bits per heavy atom. The first-order valence-corrected chi connectivity index (χ1v) is 6.91. The molecule has 1 atom stereocenters. The van der Waals surface area contributed by atoms with Crippen molar-refractivity contribution in [2.75, 3.05) is 11.5 Å². The van der Waals surface area contributed by atoms with Crippen molar-refractivity contribution in [3.05, 3.63) is 42.1 Å². The summed E-state index contributed by atoms with van der Waals surface area (Å²) >= 11 is 1.30. The molecular weight excluding hydrogens is 443 g/mol. The summed E-state index contributed by atoms with van der Waals surface area (Å²) in [4.78, 5) is 24.4. The Hall–Kier alpha value is -1.74. The second-order valence-corrected chi connectivity index (χ2v) is 4.72. The number of hydrogen-bond acceptors (Lipinski definition) is 7. The number of nitro groups is 1. The van der Waals surface area contributed by atoms with Gasteiger partial charge in [-0.15, -0.1) is 0 Å². The van der Waals surface area contributed by atoms with Crippen LogP contribution < -0.4 is 10.8 Å². The maximum atomic E-state index is 10.7. The van der Waals surface area contributed by atoms with E-state index < -0.39 is 16.9 Å². The summed E-state index contributed by atoms with van der Waals surface area (Å²) < 4.78 is 24.0. The summed E-state index contributed by atoms with van der Waals surface area (Å²) in [5.41, 5.74) is 5.27. The van der Waals surface area contributed by atoms with E-state index in [1.54, 1.807) is 6.92 Å². The van der Waals surface area contributed by atoms with Crippen LogP contribution in [0.2, 0.25) is 0 Å². The quantitative estimate of drug-likeness (QED) is 0.175. The molecule has 137 valence electrons. The molecule has 0 fully saturated rings. The first-order valence-electron chi connectivity index (χ1n) is 5.75. The van der Waals surface area contributed by atoms with Crippen LogP contribution in [-0.2, 0) is 45.4 Å². The first-order chi connectivity index (χ1) is 11.4. The average molecular weight is 456 g/mol. The number of carbonyl (C=O) groups excluding carboxylic acids is 1. The summed E-state index contributed by atoms with van der Waals surface area (Å²) in [5.74, 6) is -0.0980. The third-order valence-corrected chi connectivity index (χ3v) is 3.35. The van der Waals surface area contributed by atoms with Crippen LogP contribution in [-0.4, -0.2) is 38.0 Å². The number of carboxylic acids is 1. The summed E-state index contributed by atoms with van der Waals surface area (Å²) in [7, 11) is 0. The van der Waals surface area contributed by atoms with Gasteiger partial charge in [-0.3, -0.25) is 0 Å². The second kappa shape index (κ2) is 20.3. The van der Waals surface area contributed by atoms with Crippen LogP contribution in [0.5, 0.6) is 0 Å². The van der Waals surface area contributed by atoms with Crippen LogP contribution in [0.3, 0.4) is 0 Å². The molecule has 0 aliphatic carbocycles. The van der Waals surface area contributed by atoms with Gasteiger partial charge >= 0.3 is 39.7 Å². The Labute approximate surface area is 161 Å². The Kier molecular flexibility index (Phi) is 25.2. The number of carbonyl (C=O) groups is 1. The molecule has 0 spiro atoms. The summed E-state index contributed by atoms with van der Waals surface area (Å²) in [6, 6.07) is -1.02. The van der Waals surface area contributed by atoms with Gasteiger partial charge < -0.3 is 25.7 Å². The number of aryl methyl sites for hydroxylation is 1. The van der Waals surface area contributed by atoms with Gasteiger partial charge in [0.15, 0.2) is 5.82 Å². The van der Waals surface area contributed by atoms with E-state index >= 15 is 0 Å². The van der Waals surface area contributed by atoms with Crippen molar-refractivity contribution in [1.29, 1.82) is 0 Å². The predicted octanol–water partition coefficient (Wildman–Crippen LogP) is -1.20. The van der Waals surface area contributed by atoms with Crippen molar-refractivity contribution in [3.8, 4) is 0 Å². The molecule has 25 heavy (non-hydrogen) atoms. The van der Waals surface area contributed by atoms with E-state index in [-0.39, 0.29) is 31.7 Å². The number of carboxylic acid groups (broad SMARTS) is 1. The number of imidazole rings is 1. The molecule has 0 saturated heterocycles. The monoisotopic (exact) mass is 456 g/mol. The van der Waals surface area contributed by atoms with Crippen molar-refractivity contribution in [2.45, 2.75) is 19.5 Å². The van der Waals surface area contributed by atoms with Crippen LogP contribution in [0.15, 0.2) is 6.20 Å². The fraction of sp³-hybridized carbons (Fsp3) is 0.417. The Morgan fingerprint density at radius 2 is 1.88 bits per heavy atom. The molecule has 2 N–H and O–H groups in total. The summed E-state index contributed by atoms with van der Waals surface area (Å²) in [5, 5.41) is 21.1. The molecule has 1 rings (SSSR count). The van der Waals surface area contributed by atoms with E-state index in [9.17, 15) is 20.0 Å². The molecule has 13 heteroatoms. The van der Waals surface area contributed by atoms with Gasteiger partial charge in [-0.05, 0) is 4.92 Å². The predicted molar refractivity (Wildman–Crippen MR) is 75.7 cm³/mol. The van der Waals surface area contributed by atoms with Crippen molar-refractivity contribution in [2.24, 2.45) is 5.73 Å². The molecule has 0 aliphatic heterocycles. The Morgan fingerprint density at radius 3 is 2.28 bits per heavy atom. The molecule has 1 unspecified atom stereocenters. The zero-order valence-electron chi connectivity index (χ0n) is 12.8. The molecule has 1 aromatic heterocycles. The van der Waals surface area contributed by atoms with Gasteiger partial charge in [0.2, 0.25) is 0 Å². The van der Waals surface area contributed by atoms with Crippen LogP contribution in [0, 0.1) is 37.0 Å². The maximum absolute atomic E-state index is 10.7. The Balaban J connectivity index is -0.000000284. The molecule has 1 heterocycles. The fourth-order valence-electron chi connectivity index (χ4n) is 1.31. The van der Waals surface area contributed by atoms with Gasteiger partial charge in [-0.25, -0.2) is 9.55 Å². The van der Waals surface area contributed by atoms with E-state index in [0.717, 1.165) is 0 Å².